The lowest BCUT2D eigenvalue weighted by Crippen LogP contribution is -2.36. The van der Waals surface area contributed by atoms with Crippen LogP contribution < -0.4 is 0 Å². The van der Waals surface area contributed by atoms with Gasteiger partial charge in [0, 0.05) is 19.0 Å². The highest BCUT2D eigenvalue weighted by Crippen LogP contribution is 2.26. The normalized spacial score (nSPS) is 17.7. The summed E-state index contributed by atoms with van der Waals surface area (Å²) in [5, 5.41) is 25.1. The van der Waals surface area contributed by atoms with E-state index in [0.29, 0.717) is 31.8 Å². The Bertz CT molecular complexity index is 371. The minimum absolute atomic E-state index is 0.100. The van der Waals surface area contributed by atoms with Gasteiger partial charge in [-0.1, -0.05) is 0 Å². The predicted molar refractivity (Wildman–Crippen MR) is 51.8 cm³/mol. The lowest BCUT2D eigenvalue weighted by Gasteiger charge is -2.27. The van der Waals surface area contributed by atoms with Crippen molar-refractivity contribution >= 4 is 6.09 Å². The summed E-state index contributed by atoms with van der Waals surface area (Å²) in [5.41, 5.74) is 0. The van der Waals surface area contributed by atoms with Crippen LogP contribution in [-0.2, 0) is 6.61 Å². The number of hydrogen-bond donors (Lipinski definition) is 2. The number of aromatic nitrogens is 2. The molecule has 1 aromatic rings. The zero-order chi connectivity index (χ0) is 11.5. The molecule has 1 aromatic heterocycles. The summed E-state index contributed by atoms with van der Waals surface area (Å²) in [5.74, 6) is 0.799. The first-order valence-corrected chi connectivity index (χ1v) is 5.11. The Morgan fingerprint density at radius 2 is 2.12 bits per heavy atom. The number of aliphatic hydroxyl groups excluding tert-OH is 1. The molecule has 0 saturated carbocycles. The van der Waals surface area contributed by atoms with Crippen molar-refractivity contribution in [1.29, 1.82) is 0 Å². The van der Waals surface area contributed by atoms with E-state index in [1.54, 1.807) is 0 Å². The van der Waals surface area contributed by atoms with Gasteiger partial charge in [-0.2, -0.15) is 0 Å². The molecule has 88 valence electrons. The zero-order valence-electron chi connectivity index (χ0n) is 8.67. The fourth-order valence-electron chi connectivity index (χ4n) is 1.81. The molecule has 16 heavy (non-hydrogen) atoms. The fourth-order valence-corrected chi connectivity index (χ4v) is 1.81. The van der Waals surface area contributed by atoms with Gasteiger partial charge in [0.2, 0.25) is 11.8 Å². The number of piperidine rings is 1. The maximum atomic E-state index is 10.7. The first kappa shape index (κ1) is 10.9. The maximum Gasteiger partial charge on any atom is 0.407 e. The number of amides is 1. The van der Waals surface area contributed by atoms with Gasteiger partial charge in [0.15, 0.2) is 0 Å². The van der Waals surface area contributed by atoms with Crippen LogP contribution in [-0.4, -0.2) is 44.5 Å². The van der Waals surface area contributed by atoms with Crippen molar-refractivity contribution in [1.82, 2.24) is 15.1 Å². The molecule has 0 radical (unpaired) electrons. The molecule has 0 unspecified atom stereocenters. The third-order valence-electron chi connectivity index (χ3n) is 2.73. The molecule has 7 nitrogen and oxygen atoms in total. The lowest BCUT2D eigenvalue weighted by atomic mass is 9.97. The third kappa shape index (κ3) is 2.13. The second-order valence-corrected chi connectivity index (χ2v) is 3.74. The summed E-state index contributed by atoms with van der Waals surface area (Å²) >= 11 is 0. The topological polar surface area (TPSA) is 99.7 Å². The standard InChI is InChI=1S/C9H13N3O4/c13-5-7-10-11-8(16-7)6-1-3-12(4-2-6)9(14)15/h6,13H,1-5H2,(H,14,15). The van der Waals surface area contributed by atoms with Crippen LogP contribution in [0.25, 0.3) is 0 Å². The quantitative estimate of drug-likeness (QED) is 0.759. The van der Waals surface area contributed by atoms with E-state index in [4.69, 9.17) is 14.6 Å². The SMILES string of the molecule is O=C(O)N1CCC(c2nnc(CO)o2)CC1. The van der Waals surface area contributed by atoms with E-state index in [9.17, 15) is 4.79 Å². The van der Waals surface area contributed by atoms with Gasteiger partial charge in [-0.3, -0.25) is 0 Å². The Morgan fingerprint density at radius 1 is 1.44 bits per heavy atom. The van der Waals surface area contributed by atoms with E-state index in [-0.39, 0.29) is 18.4 Å². The molecule has 2 N–H and O–H groups in total. The number of nitrogens with zero attached hydrogens (tertiary/aromatic N) is 3. The van der Waals surface area contributed by atoms with Gasteiger partial charge in [0.25, 0.3) is 0 Å². The van der Waals surface area contributed by atoms with E-state index in [2.05, 4.69) is 10.2 Å². The minimum Gasteiger partial charge on any atom is -0.465 e. The molecule has 0 aliphatic carbocycles. The summed E-state index contributed by atoms with van der Waals surface area (Å²) in [7, 11) is 0. The second kappa shape index (κ2) is 4.48. The largest absolute Gasteiger partial charge is 0.465 e. The van der Waals surface area contributed by atoms with E-state index in [0.717, 1.165) is 0 Å². The second-order valence-electron chi connectivity index (χ2n) is 3.74. The zero-order valence-corrected chi connectivity index (χ0v) is 8.67. The van der Waals surface area contributed by atoms with Crippen LogP contribution in [0.2, 0.25) is 0 Å². The molecular formula is C9H13N3O4. The van der Waals surface area contributed by atoms with Gasteiger partial charge in [0.05, 0.1) is 0 Å². The van der Waals surface area contributed by atoms with Gasteiger partial charge >= 0.3 is 6.09 Å². The molecule has 0 aromatic carbocycles. The Labute approximate surface area is 91.7 Å². The molecule has 2 rings (SSSR count). The van der Waals surface area contributed by atoms with Crippen LogP contribution in [0.3, 0.4) is 0 Å². The van der Waals surface area contributed by atoms with Crippen molar-refractivity contribution in [3.05, 3.63) is 11.8 Å². The van der Waals surface area contributed by atoms with Gasteiger partial charge in [-0.25, -0.2) is 4.79 Å². The summed E-state index contributed by atoms with van der Waals surface area (Å²) < 4.78 is 5.23. The van der Waals surface area contributed by atoms with Crippen molar-refractivity contribution < 1.29 is 19.4 Å². The number of likely N-dealkylation sites (tertiary alicyclic amines) is 1. The van der Waals surface area contributed by atoms with Crippen LogP contribution in [0.15, 0.2) is 4.42 Å². The van der Waals surface area contributed by atoms with Gasteiger partial charge in [0.1, 0.15) is 6.61 Å². The number of rotatable bonds is 2. The third-order valence-corrected chi connectivity index (χ3v) is 2.73. The number of carbonyl (C=O) groups is 1. The highest BCUT2D eigenvalue weighted by Gasteiger charge is 2.26. The monoisotopic (exact) mass is 227 g/mol. The van der Waals surface area contributed by atoms with E-state index in [1.807, 2.05) is 0 Å². The Hall–Kier alpha value is -1.63. The minimum atomic E-state index is -0.889. The molecule has 0 spiro atoms. The summed E-state index contributed by atoms with van der Waals surface area (Å²) in [4.78, 5) is 12.1. The average Bonchev–Trinajstić information content (AvgIpc) is 2.77. The Kier molecular flexibility index (Phi) is 3.04. The summed E-state index contributed by atoms with van der Waals surface area (Å²) in [6, 6.07) is 0. The van der Waals surface area contributed by atoms with Crippen LogP contribution in [0, 0.1) is 0 Å². The van der Waals surface area contributed by atoms with Crippen molar-refractivity contribution in [2.45, 2.75) is 25.4 Å². The van der Waals surface area contributed by atoms with E-state index < -0.39 is 6.09 Å². The molecule has 1 amide bonds. The smallest absolute Gasteiger partial charge is 0.407 e. The first-order chi connectivity index (χ1) is 7.70. The highest BCUT2D eigenvalue weighted by molar-refractivity contribution is 5.65. The van der Waals surface area contributed by atoms with Crippen molar-refractivity contribution in [3.8, 4) is 0 Å². The molecule has 1 aliphatic rings. The molecule has 7 heteroatoms. The molecule has 1 saturated heterocycles. The van der Waals surface area contributed by atoms with E-state index >= 15 is 0 Å². The molecule has 1 fully saturated rings. The van der Waals surface area contributed by atoms with Gasteiger partial charge in [-0.15, -0.1) is 10.2 Å². The molecule has 0 atom stereocenters. The Morgan fingerprint density at radius 3 is 2.62 bits per heavy atom. The predicted octanol–water partition coefficient (Wildman–Crippen LogP) is 0.419. The Balaban J connectivity index is 1.96. The highest BCUT2D eigenvalue weighted by atomic mass is 16.4. The molecular weight excluding hydrogens is 214 g/mol. The number of carboxylic acid groups (broad SMARTS) is 1. The summed E-state index contributed by atoms with van der Waals surface area (Å²) in [6.45, 7) is 0.703. The molecule has 1 aliphatic heterocycles. The van der Waals surface area contributed by atoms with Gasteiger partial charge < -0.3 is 19.5 Å². The number of hydrogen-bond acceptors (Lipinski definition) is 5. The van der Waals surface area contributed by atoms with Gasteiger partial charge in [-0.05, 0) is 12.8 Å². The van der Waals surface area contributed by atoms with E-state index in [1.165, 1.54) is 4.90 Å². The average molecular weight is 227 g/mol. The first-order valence-electron chi connectivity index (χ1n) is 5.11. The van der Waals surface area contributed by atoms with Crippen molar-refractivity contribution in [2.24, 2.45) is 0 Å². The van der Waals surface area contributed by atoms with Crippen LogP contribution in [0.4, 0.5) is 4.79 Å². The number of aliphatic hydroxyl groups is 1. The lowest BCUT2D eigenvalue weighted by molar-refractivity contribution is 0.129. The molecule has 0 bridgehead atoms. The maximum absolute atomic E-state index is 10.7. The fraction of sp³-hybridized carbons (Fsp3) is 0.667. The summed E-state index contributed by atoms with van der Waals surface area (Å²) in [6.07, 6.45) is 0.471. The van der Waals surface area contributed by atoms with Crippen molar-refractivity contribution in [2.75, 3.05) is 13.1 Å². The van der Waals surface area contributed by atoms with Crippen LogP contribution in [0.1, 0.15) is 30.5 Å². The van der Waals surface area contributed by atoms with Crippen molar-refractivity contribution in [3.63, 3.8) is 0 Å². The van der Waals surface area contributed by atoms with Crippen LogP contribution in [0.5, 0.6) is 0 Å². The molecule has 2 heterocycles. The van der Waals surface area contributed by atoms with Crippen LogP contribution >= 0.6 is 0 Å².